The number of nitrogens with zero attached hydrogens (tertiary/aromatic N) is 2. The van der Waals surface area contributed by atoms with E-state index in [1.54, 1.807) is 6.07 Å². The van der Waals surface area contributed by atoms with Crippen LogP contribution in [0.4, 0.5) is 10.1 Å². The number of hydrogen-bond acceptors (Lipinski definition) is 5. The highest BCUT2D eigenvalue weighted by Crippen LogP contribution is 2.37. The number of fused-ring (bicyclic) bond motifs is 1. The normalized spacial score (nSPS) is 14.8. The lowest BCUT2D eigenvalue weighted by atomic mass is 9.94. The Morgan fingerprint density at radius 2 is 2.06 bits per heavy atom. The number of nitriles is 1. The largest absolute Gasteiger partial charge is 0.458 e. The van der Waals surface area contributed by atoms with E-state index in [4.69, 9.17) is 4.74 Å². The summed E-state index contributed by atoms with van der Waals surface area (Å²) in [5, 5.41) is 14.9. The van der Waals surface area contributed by atoms with E-state index in [-0.39, 0.29) is 18.1 Å². The molecular weight excluding hydrogens is 435 g/mol. The van der Waals surface area contributed by atoms with Crippen LogP contribution in [0.25, 0.3) is 11.1 Å². The molecule has 34 heavy (non-hydrogen) atoms. The van der Waals surface area contributed by atoms with Gasteiger partial charge in [0.1, 0.15) is 11.9 Å². The van der Waals surface area contributed by atoms with E-state index >= 15 is 4.39 Å². The number of aliphatic imine (C=N–C) groups is 1. The number of benzene rings is 2. The van der Waals surface area contributed by atoms with Crippen molar-refractivity contribution < 1.29 is 18.7 Å². The molecule has 2 aromatic rings. The van der Waals surface area contributed by atoms with E-state index in [0.29, 0.717) is 5.56 Å². The summed E-state index contributed by atoms with van der Waals surface area (Å²) in [7, 11) is 0. The molecule has 0 bridgehead atoms. The van der Waals surface area contributed by atoms with E-state index in [0.717, 1.165) is 47.2 Å². The number of allylic oxidation sites excluding steroid dienone is 1. The van der Waals surface area contributed by atoms with Crippen LogP contribution in [0.5, 0.6) is 0 Å². The molecule has 172 valence electrons. The van der Waals surface area contributed by atoms with Gasteiger partial charge in [-0.2, -0.15) is 5.26 Å². The van der Waals surface area contributed by atoms with Crippen molar-refractivity contribution in [3.63, 3.8) is 0 Å². The summed E-state index contributed by atoms with van der Waals surface area (Å²) in [5.74, 6) is -1.25. The number of carbonyl (C=O) groups excluding carboxylic acids is 2. The van der Waals surface area contributed by atoms with Crippen molar-refractivity contribution in [1.29, 1.82) is 5.26 Å². The van der Waals surface area contributed by atoms with Crippen LogP contribution in [0.15, 0.2) is 59.6 Å². The summed E-state index contributed by atoms with van der Waals surface area (Å²) in [6, 6.07) is 9.71. The summed E-state index contributed by atoms with van der Waals surface area (Å²) in [6.45, 7) is 1.48. The van der Waals surface area contributed by atoms with E-state index < -0.39 is 17.8 Å². The standard InChI is InChI=1S/C26H23FN4O3/c1-16(32)30-24-9-8-20(21-4-2-5-22(21)24)17-6-7-18(23(27)13-17)12-19(14-28)31-26(33)25-15-29-10-3-11-34-25/h3,6-11,13,15,19H,2,4-5,12H2,1H3,(H,30,32)(H,31,33)/t19-/m0/s1. The number of amides is 2. The van der Waals surface area contributed by atoms with Gasteiger partial charge in [0.15, 0.2) is 0 Å². The molecule has 0 aromatic heterocycles. The Hall–Kier alpha value is -4.25. The molecule has 2 aromatic carbocycles. The van der Waals surface area contributed by atoms with E-state index in [9.17, 15) is 14.9 Å². The zero-order chi connectivity index (χ0) is 24.1. The first-order valence-corrected chi connectivity index (χ1v) is 10.9. The van der Waals surface area contributed by atoms with Crippen molar-refractivity contribution in [2.45, 2.75) is 38.6 Å². The molecular formula is C26H23FN4O3. The molecule has 2 amide bonds. The summed E-state index contributed by atoms with van der Waals surface area (Å²) < 4.78 is 20.2. The minimum atomic E-state index is -0.949. The first-order valence-electron chi connectivity index (χ1n) is 10.9. The molecule has 1 aliphatic heterocycles. The highest BCUT2D eigenvalue weighted by molar-refractivity contribution is 5.92. The van der Waals surface area contributed by atoms with Crippen molar-refractivity contribution in [2.75, 3.05) is 5.32 Å². The molecule has 0 saturated heterocycles. The van der Waals surface area contributed by atoms with Crippen molar-refractivity contribution in [3.8, 4) is 17.2 Å². The van der Waals surface area contributed by atoms with E-state index in [1.165, 1.54) is 37.7 Å². The lowest BCUT2D eigenvalue weighted by Crippen LogP contribution is -2.36. The quantitative estimate of drug-likeness (QED) is 0.684. The third-order valence-electron chi connectivity index (χ3n) is 5.71. The van der Waals surface area contributed by atoms with Gasteiger partial charge in [0.2, 0.25) is 11.7 Å². The maximum absolute atomic E-state index is 15.0. The van der Waals surface area contributed by atoms with Gasteiger partial charge >= 0.3 is 0 Å². The second-order valence-corrected chi connectivity index (χ2v) is 8.06. The molecule has 0 fully saturated rings. The third-order valence-corrected chi connectivity index (χ3v) is 5.71. The fourth-order valence-corrected chi connectivity index (χ4v) is 4.19. The summed E-state index contributed by atoms with van der Waals surface area (Å²) in [4.78, 5) is 27.7. The number of carbonyl (C=O) groups is 2. The average Bonchev–Trinajstić information content (AvgIpc) is 3.15. The first-order chi connectivity index (χ1) is 16.5. The van der Waals surface area contributed by atoms with E-state index in [2.05, 4.69) is 15.6 Å². The Labute approximate surface area is 196 Å². The number of hydrogen-bond donors (Lipinski definition) is 2. The van der Waals surface area contributed by atoms with Crippen LogP contribution >= 0.6 is 0 Å². The van der Waals surface area contributed by atoms with Crippen LogP contribution < -0.4 is 10.6 Å². The average molecular weight is 458 g/mol. The Kier molecular flexibility index (Phi) is 6.83. The van der Waals surface area contributed by atoms with Crippen LogP contribution in [0, 0.1) is 17.1 Å². The molecule has 1 atom stereocenters. The second kappa shape index (κ2) is 10.1. The molecule has 0 unspecified atom stereocenters. The summed E-state index contributed by atoms with van der Waals surface area (Å²) >= 11 is 0. The van der Waals surface area contributed by atoms with Gasteiger partial charge in [-0.15, -0.1) is 0 Å². The van der Waals surface area contributed by atoms with Crippen molar-refractivity contribution >= 4 is 23.7 Å². The van der Waals surface area contributed by atoms with Gasteiger partial charge < -0.3 is 15.4 Å². The number of nitrogens with one attached hydrogen (secondary N) is 2. The van der Waals surface area contributed by atoms with Gasteiger partial charge in [-0.25, -0.2) is 4.39 Å². The van der Waals surface area contributed by atoms with Crippen LogP contribution in [0.1, 0.15) is 30.0 Å². The highest BCUT2D eigenvalue weighted by Gasteiger charge is 2.22. The zero-order valence-electron chi connectivity index (χ0n) is 18.6. The van der Waals surface area contributed by atoms with Gasteiger partial charge in [0, 0.05) is 25.2 Å². The maximum atomic E-state index is 15.0. The fourth-order valence-electron chi connectivity index (χ4n) is 4.19. The van der Waals surface area contributed by atoms with Gasteiger partial charge in [-0.05, 0) is 65.3 Å². The predicted octanol–water partition coefficient (Wildman–Crippen LogP) is 3.95. The van der Waals surface area contributed by atoms with E-state index in [1.807, 2.05) is 24.3 Å². The Morgan fingerprint density at radius 3 is 2.82 bits per heavy atom. The van der Waals surface area contributed by atoms with Crippen LogP contribution in [0.2, 0.25) is 0 Å². The van der Waals surface area contributed by atoms with Gasteiger partial charge in [-0.1, -0.05) is 18.2 Å². The molecule has 1 heterocycles. The Morgan fingerprint density at radius 1 is 1.24 bits per heavy atom. The number of anilines is 1. The molecule has 1 aliphatic carbocycles. The number of halogens is 1. The molecule has 4 rings (SSSR count). The summed E-state index contributed by atoms with van der Waals surface area (Å²) in [5.41, 5.74) is 5.00. The van der Waals surface area contributed by atoms with Crippen molar-refractivity contribution in [3.05, 3.63) is 77.1 Å². The minimum absolute atomic E-state index is 0.000315. The monoisotopic (exact) mass is 458 g/mol. The van der Waals surface area contributed by atoms with Crippen molar-refractivity contribution in [2.24, 2.45) is 4.99 Å². The lowest BCUT2D eigenvalue weighted by molar-refractivity contribution is -0.120. The third kappa shape index (κ3) is 5.04. The Balaban J connectivity index is 1.52. The summed E-state index contributed by atoms with van der Waals surface area (Å²) in [6.07, 6.45) is 8.24. The topological polar surface area (TPSA) is 104 Å². The molecule has 8 heteroatoms. The molecule has 0 radical (unpaired) electrons. The smallest absolute Gasteiger partial charge is 0.289 e. The molecule has 2 aliphatic rings. The predicted molar refractivity (Wildman–Crippen MR) is 126 cm³/mol. The minimum Gasteiger partial charge on any atom is -0.458 e. The van der Waals surface area contributed by atoms with Crippen LogP contribution in [-0.4, -0.2) is 24.1 Å². The van der Waals surface area contributed by atoms with Gasteiger partial charge in [0.25, 0.3) is 5.91 Å². The SMILES string of the molecule is CC(=O)Nc1ccc(-c2ccc(C[C@@H](C#N)NC(=O)C3=CN=CC=CO3)c(F)c2)c2c1CCC2. The molecule has 7 nitrogen and oxygen atoms in total. The Bertz CT molecular complexity index is 1270. The van der Waals surface area contributed by atoms with Gasteiger partial charge in [-0.3, -0.25) is 14.6 Å². The van der Waals surface area contributed by atoms with Crippen LogP contribution in [0.3, 0.4) is 0 Å². The maximum Gasteiger partial charge on any atom is 0.289 e. The fraction of sp³-hybridized carbons (Fsp3) is 0.231. The molecule has 2 N–H and O–H groups in total. The molecule has 0 saturated carbocycles. The van der Waals surface area contributed by atoms with Gasteiger partial charge in [0.05, 0.1) is 18.5 Å². The first kappa shape index (κ1) is 22.9. The second-order valence-electron chi connectivity index (χ2n) is 8.06. The van der Waals surface area contributed by atoms with Crippen molar-refractivity contribution in [1.82, 2.24) is 5.32 Å². The van der Waals surface area contributed by atoms with Crippen LogP contribution in [-0.2, 0) is 33.6 Å². The number of ether oxygens (including phenoxy) is 1. The molecule has 0 spiro atoms. The zero-order valence-corrected chi connectivity index (χ0v) is 18.6. The number of rotatable bonds is 6. The lowest BCUT2D eigenvalue weighted by Gasteiger charge is -2.16. The highest BCUT2D eigenvalue weighted by atomic mass is 19.1.